The number of pyridine rings is 1. The molecule has 246 valence electrons. The first kappa shape index (κ1) is 33.2. The van der Waals surface area contributed by atoms with Gasteiger partial charge in [-0.3, -0.25) is 19.7 Å². The summed E-state index contributed by atoms with van der Waals surface area (Å²) in [5, 5.41) is 27.2. The van der Waals surface area contributed by atoms with Crippen LogP contribution in [0.4, 0.5) is 31.7 Å². The van der Waals surface area contributed by atoms with E-state index in [1.165, 1.54) is 23.2 Å². The summed E-state index contributed by atoms with van der Waals surface area (Å²) in [5.74, 6) is -3.38. The molecule has 3 aromatic rings. The van der Waals surface area contributed by atoms with Crippen molar-refractivity contribution >= 4 is 34.7 Å². The molecule has 14 heteroatoms. The molecule has 2 heterocycles. The molecule has 1 saturated heterocycles. The second-order valence-electron chi connectivity index (χ2n) is 12.0. The van der Waals surface area contributed by atoms with Gasteiger partial charge in [0.2, 0.25) is 0 Å². The number of nitrogens with one attached hydrogen (secondary N) is 2. The van der Waals surface area contributed by atoms with Crippen molar-refractivity contribution in [3.63, 3.8) is 0 Å². The standard InChI is InChI=1S/C33H36F2N8O4/c1-21-20-41(14-13-40(21)2)29-11-9-26(16-30(29)43(46)47)42(33(45)32(44)38-18-22-3-10-27(34)28(35)15-22)25-7-5-24(6-8-25)39-31-12-4-23(17-36)19-37-31/h3-4,9-12,15-16,19,21,24-25H,5-8,13-14,18,20H2,1-2H3,(H,37,39)(H,38,44)/t21-,24?,25?/m0/s1. The van der Waals surface area contributed by atoms with Crippen LogP contribution in [-0.4, -0.2) is 71.4 Å². The Hall–Kier alpha value is -5.16. The average molecular weight is 647 g/mol. The van der Waals surface area contributed by atoms with Gasteiger partial charge in [-0.05, 0) is 81.6 Å². The van der Waals surface area contributed by atoms with Crippen LogP contribution in [0, 0.1) is 33.1 Å². The van der Waals surface area contributed by atoms with Crippen molar-refractivity contribution in [3.8, 4) is 6.07 Å². The third kappa shape index (κ3) is 7.81. The summed E-state index contributed by atoms with van der Waals surface area (Å²) >= 11 is 0. The van der Waals surface area contributed by atoms with Gasteiger partial charge in [0.15, 0.2) is 11.6 Å². The van der Waals surface area contributed by atoms with Gasteiger partial charge >= 0.3 is 11.8 Å². The highest BCUT2D eigenvalue weighted by Crippen LogP contribution is 2.36. The van der Waals surface area contributed by atoms with Gasteiger partial charge in [0.1, 0.15) is 17.6 Å². The van der Waals surface area contributed by atoms with Crippen molar-refractivity contribution < 1.29 is 23.3 Å². The molecule has 12 nitrogen and oxygen atoms in total. The van der Waals surface area contributed by atoms with Crippen LogP contribution >= 0.6 is 0 Å². The molecule has 2 aliphatic rings. The zero-order valence-electron chi connectivity index (χ0n) is 26.2. The molecule has 2 fully saturated rings. The van der Waals surface area contributed by atoms with Crippen molar-refractivity contribution in [2.75, 3.05) is 41.8 Å². The van der Waals surface area contributed by atoms with Crippen molar-refractivity contribution in [2.45, 2.75) is 57.3 Å². The second kappa shape index (κ2) is 14.5. The van der Waals surface area contributed by atoms with Crippen LogP contribution in [0.15, 0.2) is 54.7 Å². The Morgan fingerprint density at radius 3 is 2.49 bits per heavy atom. The van der Waals surface area contributed by atoms with Crippen molar-refractivity contribution in [1.29, 1.82) is 5.26 Å². The number of nitrogens with zero attached hydrogens (tertiary/aromatic N) is 6. The summed E-state index contributed by atoms with van der Waals surface area (Å²) in [7, 11) is 2.01. The van der Waals surface area contributed by atoms with E-state index in [9.17, 15) is 28.5 Å². The van der Waals surface area contributed by atoms with Crippen LogP contribution in [0.25, 0.3) is 0 Å². The van der Waals surface area contributed by atoms with Gasteiger partial charge in [-0.15, -0.1) is 0 Å². The van der Waals surface area contributed by atoms with Gasteiger partial charge in [-0.2, -0.15) is 5.26 Å². The molecule has 0 unspecified atom stereocenters. The minimum Gasteiger partial charge on any atom is -0.367 e. The Morgan fingerprint density at radius 1 is 1.09 bits per heavy atom. The first-order valence-electron chi connectivity index (χ1n) is 15.5. The summed E-state index contributed by atoms with van der Waals surface area (Å²) in [4.78, 5) is 48.6. The van der Waals surface area contributed by atoms with Gasteiger partial charge in [0, 0.05) is 56.6 Å². The monoisotopic (exact) mass is 646 g/mol. The number of hydrogen-bond donors (Lipinski definition) is 2. The number of piperazine rings is 1. The van der Waals surface area contributed by atoms with Crippen LogP contribution in [-0.2, 0) is 16.1 Å². The summed E-state index contributed by atoms with van der Waals surface area (Å²) < 4.78 is 27.1. The van der Waals surface area contributed by atoms with Gasteiger partial charge in [0.25, 0.3) is 5.69 Å². The molecule has 1 saturated carbocycles. The minimum absolute atomic E-state index is 0.0155. The summed E-state index contributed by atoms with van der Waals surface area (Å²) in [6.07, 6.45) is 3.69. The van der Waals surface area contributed by atoms with Crippen molar-refractivity contribution in [3.05, 3.63) is 87.6 Å². The first-order chi connectivity index (χ1) is 22.5. The zero-order chi connectivity index (χ0) is 33.7. The predicted octanol–water partition coefficient (Wildman–Crippen LogP) is 4.35. The van der Waals surface area contributed by atoms with Gasteiger partial charge in [-0.25, -0.2) is 13.8 Å². The molecule has 1 aromatic heterocycles. The fourth-order valence-corrected chi connectivity index (χ4v) is 6.09. The maximum absolute atomic E-state index is 13.8. The number of hydrogen-bond acceptors (Lipinski definition) is 9. The van der Waals surface area contributed by atoms with E-state index in [-0.39, 0.29) is 35.6 Å². The lowest BCUT2D eigenvalue weighted by Crippen LogP contribution is -2.50. The maximum Gasteiger partial charge on any atom is 0.316 e. The molecule has 5 rings (SSSR count). The minimum atomic E-state index is -1.08. The quantitative estimate of drug-likeness (QED) is 0.207. The molecule has 2 amide bonds. The highest BCUT2D eigenvalue weighted by molar-refractivity contribution is 6.40. The smallest absolute Gasteiger partial charge is 0.316 e. The van der Waals surface area contributed by atoms with Gasteiger partial charge in [-0.1, -0.05) is 6.07 Å². The Kier molecular flexibility index (Phi) is 10.3. The van der Waals surface area contributed by atoms with E-state index in [1.54, 1.807) is 24.3 Å². The lowest BCUT2D eigenvalue weighted by molar-refractivity contribution is -0.384. The molecular weight excluding hydrogens is 610 g/mol. The van der Waals surface area contributed by atoms with E-state index in [0.717, 1.165) is 18.7 Å². The lowest BCUT2D eigenvalue weighted by atomic mass is 9.89. The Bertz CT molecular complexity index is 1670. The molecule has 1 atom stereocenters. The molecule has 0 bridgehead atoms. The number of halogens is 2. The molecular formula is C33H36F2N8O4. The largest absolute Gasteiger partial charge is 0.367 e. The van der Waals surface area contributed by atoms with Crippen LogP contribution in [0.5, 0.6) is 0 Å². The Labute approximate surface area is 271 Å². The number of aromatic nitrogens is 1. The normalized spacial score (nSPS) is 19.8. The first-order valence-corrected chi connectivity index (χ1v) is 15.5. The summed E-state index contributed by atoms with van der Waals surface area (Å²) in [6.45, 7) is 3.76. The van der Waals surface area contributed by atoms with E-state index in [2.05, 4.69) is 20.5 Å². The number of carbonyl (C=O) groups excluding carboxylic acids is 2. The summed E-state index contributed by atoms with van der Waals surface area (Å²) in [5.41, 5.74) is 1.21. The van der Waals surface area contributed by atoms with Crippen LogP contribution in [0.3, 0.4) is 0 Å². The average Bonchev–Trinajstić information content (AvgIpc) is 3.07. The Balaban J connectivity index is 1.38. The molecule has 47 heavy (non-hydrogen) atoms. The number of nitro groups is 1. The van der Waals surface area contributed by atoms with Crippen LogP contribution < -0.4 is 20.4 Å². The van der Waals surface area contributed by atoms with Crippen LogP contribution in [0.1, 0.15) is 43.7 Å². The van der Waals surface area contributed by atoms with E-state index in [4.69, 9.17) is 5.26 Å². The maximum atomic E-state index is 13.8. The van der Waals surface area contributed by atoms with Crippen LogP contribution in [0.2, 0.25) is 0 Å². The molecule has 2 aromatic carbocycles. The molecule has 0 spiro atoms. The number of rotatable bonds is 8. The van der Waals surface area contributed by atoms with Gasteiger partial charge < -0.3 is 25.3 Å². The fraction of sp³-hybridized carbons (Fsp3) is 0.394. The van der Waals surface area contributed by atoms with E-state index < -0.39 is 34.4 Å². The lowest BCUT2D eigenvalue weighted by Gasteiger charge is -2.39. The van der Waals surface area contributed by atoms with Gasteiger partial charge in [0.05, 0.1) is 16.2 Å². The van der Waals surface area contributed by atoms with E-state index in [1.807, 2.05) is 24.9 Å². The number of nitriles is 1. The number of carbonyl (C=O) groups is 2. The van der Waals surface area contributed by atoms with Crippen molar-refractivity contribution in [2.24, 2.45) is 0 Å². The zero-order valence-corrected chi connectivity index (χ0v) is 26.2. The number of anilines is 3. The Morgan fingerprint density at radius 2 is 1.85 bits per heavy atom. The molecule has 0 radical (unpaired) electrons. The third-order valence-corrected chi connectivity index (χ3v) is 8.89. The third-order valence-electron chi connectivity index (χ3n) is 8.89. The molecule has 2 N–H and O–H groups in total. The van der Waals surface area contributed by atoms with E-state index >= 15 is 0 Å². The molecule has 1 aliphatic heterocycles. The predicted molar refractivity (Wildman–Crippen MR) is 172 cm³/mol. The number of amides is 2. The number of benzene rings is 2. The number of nitro benzene ring substituents is 1. The summed E-state index contributed by atoms with van der Waals surface area (Å²) in [6, 6.07) is 13.0. The molecule has 1 aliphatic carbocycles. The highest BCUT2D eigenvalue weighted by atomic mass is 19.2. The second-order valence-corrected chi connectivity index (χ2v) is 12.0. The topological polar surface area (TPSA) is 148 Å². The number of likely N-dealkylation sites (N-methyl/N-ethyl adjacent to an activating group) is 1. The fourth-order valence-electron chi connectivity index (χ4n) is 6.09. The highest BCUT2D eigenvalue weighted by Gasteiger charge is 2.35. The van der Waals surface area contributed by atoms with Crippen molar-refractivity contribution in [1.82, 2.24) is 15.2 Å². The van der Waals surface area contributed by atoms with E-state index in [0.29, 0.717) is 55.8 Å². The SMILES string of the molecule is C[C@H]1CN(c2ccc(N(C(=O)C(=O)NCc3ccc(F)c(F)c3)C3CCC(Nc4ccc(C#N)cn4)CC3)cc2[N+](=O)[O-])CCN1C.